The van der Waals surface area contributed by atoms with E-state index in [1.807, 2.05) is 75.4 Å². The van der Waals surface area contributed by atoms with Gasteiger partial charge < -0.3 is 4.98 Å². The number of para-hydroxylation sites is 1. The van der Waals surface area contributed by atoms with Crippen molar-refractivity contribution in [3.63, 3.8) is 0 Å². The number of carbonyl (C=O) groups excluding carboxylic acids is 1. The number of Topliss-reactive ketones (excluding diaryl/α,β-unsaturated/α-hetero) is 1. The molecule has 0 aliphatic heterocycles. The first kappa shape index (κ1) is 16.7. The monoisotopic (exact) mass is 328 g/mol. The van der Waals surface area contributed by atoms with Gasteiger partial charge in [0.15, 0.2) is 5.78 Å². The Kier molecular flexibility index (Phi) is 4.29. The molecule has 1 aromatic heterocycles. The number of benzene rings is 2. The smallest absolute Gasteiger partial charge is 0.178 e. The predicted octanol–water partition coefficient (Wildman–Crippen LogP) is 5.36. The summed E-state index contributed by atoms with van der Waals surface area (Å²) in [6, 6.07) is 19.9. The number of aromatic nitrogens is 1. The fraction of sp³-hybridized carbons (Fsp3) is 0.182. The number of rotatable bonds is 3. The minimum atomic E-state index is -0.597. The molecule has 0 saturated carbocycles. The first-order chi connectivity index (χ1) is 11.9. The van der Waals surface area contributed by atoms with Crippen LogP contribution in [0.4, 0.5) is 0 Å². The first-order valence-electron chi connectivity index (χ1n) is 8.24. The number of H-pyrrole nitrogens is 1. The average molecular weight is 328 g/mol. The Bertz CT molecular complexity index is 996. The van der Waals surface area contributed by atoms with Gasteiger partial charge in [0.1, 0.15) is 6.07 Å². The van der Waals surface area contributed by atoms with Gasteiger partial charge in [0, 0.05) is 21.9 Å². The third-order valence-electron chi connectivity index (χ3n) is 4.14. The summed E-state index contributed by atoms with van der Waals surface area (Å²) >= 11 is 0. The van der Waals surface area contributed by atoms with Crippen molar-refractivity contribution in [2.75, 3.05) is 0 Å². The third-order valence-corrected chi connectivity index (χ3v) is 4.14. The second-order valence-corrected chi connectivity index (χ2v) is 7.07. The van der Waals surface area contributed by atoms with Gasteiger partial charge in [-0.1, -0.05) is 69.3 Å². The highest BCUT2D eigenvalue weighted by atomic mass is 16.1. The summed E-state index contributed by atoms with van der Waals surface area (Å²) in [6.07, 6.45) is 1.72. The van der Waals surface area contributed by atoms with Crippen molar-refractivity contribution >= 4 is 22.8 Å². The quantitative estimate of drug-likeness (QED) is 0.520. The van der Waals surface area contributed by atoms with E-state index in [4.69, 9.17) is 0 Å². The van der Waals surface area contributed by atoms with E-state index in [1.165, 1.54) is 0 Å². The van der Waals surface area contributed by atoms with Crippen LogP contribution in [-0.4, -0.2) is 10.8 Å². The number of ketones is 1. The van der Waals surface area contributed by atoms with E-state index in [0.717, 1.165) is 27.7 Å². The molecule has 1 heterocycles. The zero-order valence-corrected chi connectivity index (χ0v) is 14.6. The summed E-state index contributed by atoms with van der Waals surface area (Å²) in [5, 5.41) is 10.5. The van der Waals surface area contributed by atoms with Gasteiger partial charge in [-0.25, -0.2) is 0 Å². The van der Waals surface area contributed by atoms with Gasteiger partial charge in [0.25, 0.3) is 0 Å². The van der Waals surface area contributed by atoms with Crippen molar-refractivity contribution in [1.29, 1.82) is 5.26 Å². The summed E-state index contributed by atoms with van der Waals surface area (Å²) in [5.74, 6) is -0.153. The molecule has 0 atom stereocenters. The molecule has 0 radical (unpaired) electrons. The molecular weight excluding hydrogens is 308 g/mol. The molecule has 0 spiro atoms. The van der Waals surface area contributed by atoms with Crippen LogP contribution in [0.3, 0.4) is 0 Å². The van der Waals surface area contributed by atoms with E-state index in [-0.39, 0.29) is 11.4 Å². The number of hydrogen-bond donors (Lipinski definition) is 1. The lowest BCUT2D eigenvalue weighted by molar-refractivity contribution is -0.121. The Morgan fingerprint density at radius 1 is 1.04 bits per heavy atom. The zero-order chi connectivity index (χ0) is 18.0. The van der Waals surface area contributed by atoms with Crippen LogP contribution < -0.4 is 0 Å². The number of aromatic amines is 1. The van der Waals surface area contributed by atoms with Crippen molar-refractivity contribution in [2.24, 2.45) is 5.41 Å². The Morgan fingerprint density at radius 2 is 1.68 bits per heavy atom. The number of nitrogens with zero attached hydrogens (tertiary/aromatic N) is 1. The normalized spacial score (nSPS) is 12.2. The van der Waals surface area contributed by atoms with Crippen LogP contribution in [0.2, 0.25) is 0 Å². The maximum absolute atomic E-state index is 12.6. The lowest BCUT2D eigenvalue weighted by Gasteiger charge is -2.15. The minimum Gasteiger partial charge on any atom is -0.354 e. The number of carbonyl (C=O) groups is 1. The molecule has 3 aromatic rings. The molecule has 0 fully saturated rings. The van der Waals surface area contributed by atoms with Gasteiger partial charge in [0.2, 0.25) is 0 Å². The predicted molar refractivity (Wildman–Crippen MR) is 102 cm³/mol. The topological polar surface area (TPSA) is 56.6 Å². The van der Waals surface area contributed by atoms with E-state index in [1.54, 1.807) is 6.08 Å². The van der Waals surface area contributed by atoms with Gasteiger partial charge in [-0.3, -0.25) is 4.79 Å². The summed E-state index contributed by atoms with van der Waals surface area (Å²) < 4.78 is 0. The number of hydrogen-bond acceptors (Lipinski definition) is 2. The Labute approximate surface area is 147 Å². The lowest BCUT2D eigenvalue weighted by atomic mass is 9.86. The molecule has 0 aliphatic rings. The Morgan fingerprint density at radius 3 is 2.32 bits per heavy atom. The molecule has 0 aliphatic carbocycles. The standard InChI is InChI=1S/C22H20N2O/c1-22(2,3)21(25)16(14-23)13-18-17-11-7-8-12-19(17)24-20(18)15-9-5-4-6-10-15/h4-13,24H,1-3H3/b16-13-. The Hall–Kier alpha value is -3.12. The van der Waals surface area contributed by atoms with Gasteiger partial charge >= 0.3 is 0 Å². The second-order valence-electron chi connectivity index (χ2n) is 7.07. The number of nitriles is 1. The fourth-order valence-electron chi connectivity index (χ4n) is 2.84. The van der Waals surface area contributed by atoms with E-state index < -0.39 is 5.41 Å². The number of allylic oxidation sites excluding steroid dienone is 1. The van der Waals surface area contributed by atoms with Gasteiger partial charge in [-0.05, 0) is 17.7 Å². The minimum absolute atomic E-state index is 0.153. The fourth-order valence-corrected chi connectivity index (χ4v) is 2.84. The molecule has 3 heteroatoms. The summed E-state index contributed by atoms with van der Waals surface area (Å²) in [5.41, 5.74) is 3.36. The van der Waals surface area contributed by atoms with Crippen LogP contribution in [0.5, 0.6) is 0 Å². The van der Waals surface area contributed by atoms with Crippen LogP contribution in [-0.2, 0) is 4.79 Å². The molecule has 124 valence electrons. The zero-order valence-electron chi connectivity index (χ0n) is 14.6. The van der Waals surface area contributed by atoms with E-state index in [9.17, 15) is 10.1 Å². The maximum atomic E-state index is 12.6. The van der Waals surface area contributed by atoms with Crippen LogP contribution >= 0.6 is 0 Å². The maximum Gasteiger partial charge on any atom is 0.178 e. The number of nitrogens with one attached hydrogen (secondary N) is 1. The summed E-state index contributed by atoms with van der Waals surface area (Å²) in [4.78, 5) is 16.0. The number of fused-ring (bicyclic) bond motifs is 1. The molecule has 0 bridgehead atoms. The summed E-state index contributed by atoms with van der Waals surface area (Å²) in [7, 11) is 0. The van der Waals surface area contributed by atoms with Crippen molar-refractivity contribution in [2.45, 2.75) is 20.8 Å². The second kappa shape index (κ2) is 6.41. The van der Waals surface area contributed by atoms with Crippen LogP contribution in [0.15, 0.2) is 60.2 Å². The lowest BCUT2D eigenvalue weighted by Crippen LogP contribution is -2.21. The molecule has 0 saturated heterocycles. The van der Waals surface area contributed by atoms with Crippen molar-refractivity contribution in [3.05, 3.63) is 65.7 Å². The van der Waals surface area contributed by atoms with Gasteiger partial charge in [-0.15, -0.1) is 0 Å². The first-order valence-corrected chi connectivity index (χ1v) is 8.24. The van der Waals surface area contributed by atoms with E-state index in [2.05, 4.69) is 11.1 Å². The van der Waals surface area contributed by atoms with Crippen LogP contribution in [0.25, 0.3) is 28.2 Å². The van der Waals surface area contributed by atoms with E-state index in [0.29, 0.717) is 0 Å². The van der Waals surface area contributed by atoms with Crippen LogP contribution in [0.1, 0.15) is 26.3 Å². The molecule has 3 rings (SSSR count). The molecular formula is C22H20N2O. The largest absolute Gasteiger partial charge is 0.354 e. The highest BCUT2D eigenvalue weighted by Gasteiger charge is 2.25. The average Bonchev–Trinajstić information content (AvgIpc) is 2.97. The van der Waals surface area contributed by atoms with E-state index >= 15 is 0 Å². The van der Waals surface area contributed by atoms with Crippen molar-refractivity contribution in [1.82, 2.24) is 4.98 Å². The highest BCUT2D eigenvalue weighted by Crippen LogP contribution is 2.33. The highest BCUT2D eigenvalue weighted by molar-refractivity contribution is 6.09. The molecule has 2 aromatic carbocycles. The van der Waals surface area contributed by atoms with Gasteiger partial charge in [-0.2, -0.15) is 5.26 Å². The Balaban J connectivity index is 2.26. The molecule has 3 nitrogen and oxygen atoms in total. The van der Waals surface area contributed by atoms with Crippen molar-refractivity contribution in [3.8, 4) is 17.3 Å². The SMILES string of the molecule is CC(C)(C)C(=O)/C(C#N)=C\c1c(-c2ccccc2)[nH]c2ccccc12. The third kappa shape index (κ3) is 3.25. The molecule has 25 heavy (non-hydrogen) atoms. The van der Waals surface area contributed by atoms with Gasteiger partial charge in [0.05, 0.1) is 11.3 Å². The van der Waals surface area contributed by atoms with Crippen molar-refractivity contribution < 1.29 is 4.79 Å². The molecule has 0 unspecified atom stereocenters. The molecule has 0 amide bonds. The van der Waals surface area contributed by atoms with Crippen LogP contribution in [0, 0.1) is 16.7 Å². The molecule has 1 N–H and O–H groups in total. The summed E-state index contributed by atoms with van der Waals surface area (Å²) in [6.45, 7) is 5.48.